The van der Waals surface area contributed by atoms with Gasteiger partial charge in [0.2, 0.25) is 0 Å². The quantitative estimate of drug-likeness (QED) is 0.528. The van der Waals surface area contributed by atoms with Crippen molar-refractivity contribution >= 4 is 16.7 Å². The third-order valence-electron chi connectivity index (χ3n) is 5.32. The van der Waals surface area contributed by atoms with Crippen LogP contribution in [0, 0.1) is 6.92 Å². The Morgan fingerprint density at radius 2 is 1.83 bits per heavy atom. The largest absolute Gasteiger partial charge is 0.379 e. The third kappa shape index (κ3) is 3.30. The fourth-order valence-corrected chi connectivity index (χ4v) is 3.83. The van der Waals surface area contributed by atoms with Crippen LogP contribution in [-0.4, -0.2) is 61.9 Å². The molecule has 1 aliphatic rings. The van der Waals surface area contributed by atoms with E-state index < -0.39 is 0 Å². The number of benzene rings is 1. The van der Waals surface area contributed by atoms with Gasteiger partial charge in [0.25, 0.3) is 11.3 Å². The standard InChI is InChI=1S/C21H22N6O2/c1-15-22-21-23-17-7-8-26(10-9-25-11-13-29-14-12-25)20(28)18(17)19(27(21)24-15)16-5-3-2-4-6-16/h2-8H,9-14H2,1H3. The molecule has 0 spiro atoms. The van der Waals surface area contributed by atoms with Gasteiger partial charge in [0.1, 0.15) is 5.82 Å². The van der Waals surface area contributed by atoms with Gasteiger partial charge in [-0.3, -0.25) is 9.69 Å². The van der Waals surface area contributed by atoms with Crippen LogP contribution in [-0.2, 0) is 11.3 Å². The summed E-state index contributed by atoms with van der Waals surface area (Å²) >= 11 is 0. The van der Waals surface area contributed by atoms with Crippen molar-refractivity contribution in [1.29, 1.82) is 0 Å². The number of hydrogen-bond acceptors (Lipinski definition) is 6. The second-order valence-corrected chi connectivity index (χ2v) is 7.23. The normalized spacial score (nSPS) is 15.3. The first-order valence-corrected chi connectivity index (χ1v) is 9.83. The molecule has 0 radical (unpaired) electrons. The highest BCUT2D eigenvalue weighted by Crippen LogP contribution is 2.25. The van der Waals surface area contributed by atoms with Gasteiger partial charge in [-0.15, -0.1) is 5.10 Å². The lowest BCUT2D eigenvalue weighted by Gasteiger charge is -2.26. The predicted molar refractivity (Wildman–Crippen MR) is 110 cm³/mol. The van der Waals surface area contributed by atoms with Crippen molar-refractivity contribution in [2.24, 2.45) is 0 Å². The van der Waals surface area contributed by atoms with E-state index in [2.05, 4.69) is 20.0 Å². The molecule has 0 amide bonds. The molecule has 3 aromatic heterocycles. The van der Waals surface area contributed by atoms with Gasteiger partial charge in [0.15, 0.2) is 0 Å². The number of nitrogens with zero attached hydrogens (tertiary/aromatic N) is 6. The Morgan fingerprint density at radius 1 is 1.03 bits per heavy atom. The highest BCUT2D eigenvalue weighted by atomic mass is 16.5. The van der Waals surface area contributed by atoms with Crippen LogP contribution in [0.4, 0.5) is 0 Å². The minimum absolute atomic E-state index is 0.0582. The van der Waals surface area contributed by atoms with E-state index in [1.54, 1.807) is 9.08 Å². The molecule has 1 fully saturated rings. The lowest BCUT2D eigenvalue weighted by molar-refractivity contribution is 0.0363. The first-order valence-electron chi connectivity index (χ1n) is 9.83. The van der Waals surface area contributed by atoms with Crippen molar-refractivity contribution in [3.05, 3.63) is 58.8 Å². The van der Waals surface area contributed by atoms with Gasteiger partial charge < -0.3 is 9.30 Å². The summed E-state index contributed by atoms with van der Waals surface area (Å²) in [5.41, 5.74) is 2.23. The molecule has 1 saturated heterocycles. The summed E-state index contributed by atoms with van der Waals surface area (Å²) in [5, 5.41) is 5.07. The number of aromatic nitrogens is 5. The van der Waals surface area contributed by atoms with Gasteiger partial charge in [0, 0.05) is 37.9 Å². The molecule has 4 aromatic rings. The molecular formula is C21H22N6O2. The first kappa shape index (κ1) is 18.0. The fourth-order valence-electron chi connectivity index (χ4n) is 3.83. The molecule has 4 heterocycles. The maximum atomic E-state index is 13.5. The maximum Gasteiger partial charge on any atom is 0.262 e. The number of hydrogen-bond donors (Lipinski definition) is 0. The summed E-state index contributed by atoms with van der Waals surface area (Å²) in [5.74, 6) is 1.12. The minimum Gasteiger partial charge on any atom is -0.379 e. The van der Waals surface area contributed by atoms with Crippen molar-refractivity contribution in [2.75, 3.05) is 32.8 Å². The van der Waals surface area contributed by atoms with Crippen LogP contribution in [0.25, 0.3) is 27.9 Å². The van der Waals surface area contributed by atoms with E-state index in [0.717, 1.165) is 44.1 Å². The highest BCUT2D eigenvalue weighted by molar-refractivity contribution is 5.93. The maximum absolute atomic E-state index is 13.5. The number of aryl methyl sites for hydroxylation is 1. The second-order valence-electron chi connectivity index (χ2n) is 7.23. The van der Waals surface area contributed by atoms with E-state index in [0.29, 0.717) is 29.0 Å². The summed E-state index contributed by atoms with van der Waals surface area (Å²) in [6.07, 6.45) is 1.83. The molecule has 0 aliphatic carbocycles. The Bertz CT molecular complexity index is 1220. The van der Waals surface area contributed by atoms with Gasteiger partial charge in [-0.05, 0) is 13.0 Å². The highest BCUT2D eigenvalue weighted by Gasteiger charge is 2.18. The molecular weight excluding hydrogens is 368 g/mol. The van der Waals surface area contributed by atoms with E-state index in [4.69, 9.17) is 4.74 Å². The third-order valence-corrected chi connectivity index (χ3v) is 5.32. The average Bonchev–Trinajstić information content (AvgIpc) is 3.13. The van der Waals surface area contributed by atoms with Crippen LogP contribution in [0.1, 0.15) is 5.82 Å². The lowest BCUT2D eigenvalue weighted by atomic mass is 10.1. The Hall–Kier alpha value is -3.10. The van der Waals surface area contributed by atoms with E-state index >= 15 is 0 Å². The molecule has 1 aliphatic heterocycles. The first-order chi connectivity index (χ1) is 14.2. The molecule has 148 valence electrons. The van der Waals surface area contributed by atoms with E-state index in [1.165, 1.54) is 0 Å². The molecule has 5 rings (SSSR count). The molecule has 8 heteroatoms. The van der Waals surface area contributed by atoms with Crippen LogP contribution in [0.5, 0.6) is 0 Å². The lowest BCUT2D eigenvalue weighted by Crippen LogP contribution is -2.39. The molecule has 29 heavy (non-hydrogen) atoms. The number of ether oxygens (including phenoxy) is 1. The Morgan fingerprint density at radius 3 is 2.62 bits per heavy atom. The summed E-state index contributed by atoms with van der Waals surface area (Å²) in [4.78, 5) is 24.8. The van der Waals surface area contributed by atoms with Gasteiger partial charge in [-0.25, -0.2) is 4.98 Å². The molecule has 0 unspecified atom stereocenters. The van der Waals surface area contributed by atoms with Crippen LogP contribution < -0.4 is 5.56 Å². The zero-order valence-corrected chi connectivity index (χ0v) is 16.3. The monoisotopic (exact) mass is 390 g/mol. The molecule has 0 saturated carbocycles. The van der Waals surface area contributed by atoms with Gasteiger partial charge in [-0.1, -0.05) is 30.3 Å². The molecule has 0 atom stereocenters. The number of morpholine rings is 1. The van der Waals surface area contributed by atoms with Gasteiger partial charge in [0.05, 0.1) is 29.8 Å². The molecule has 8 nitrogen and oxygen atoms in total. The van der Waals surface area contributed by atoms with E-state index in [1.807, 2.05) is 49.5 Å². The van der Waals surface area contributed by atoms with Crippen molar-refractivity contribution in [3.63, 3.8) is 0 Å². The fraction of sp³-hybridized carbons (Fsp3) is 0.333. The zero-order chi connectivity index (χ0) is 19.8. The van der Waals surface area contributed by atoms with Crippen molar-refractivity contribution in [2.45, 2.75) is 13.5 Å². The summed E-state index contributed by atoms with van der Waals surface area (Å²) in [6, 6.07) is 11.7. The zero-order valence-electron chi connectivity index (χ0n) is 16.3. The number of rotatable bonds is 4. The van der Waals surface area contributed by atoms with E-state index in [-0.39, 0.29) is 5.56 Å². The summed E-state index contributed by atoms with van der Waals surface area (Å²) in [6.45, 7) is 6.56. The number of pyridine rings is 1. The van der Waals surface area contributed by atoms with Crippen LogP contribution in [0.15, 0.2) is 47.4 Å². The topological polar surface area (TPSA) is 77.6 Å². The Kier molecular flexibility index (Phi) is 4.57. The van der Waals surface area contributed by atoms with Gasteiger partial charge >= 0.3 is 0 Å². The SMILES string of the molecule is Cc1nc2nc3ccn(CCN4CCOCC4)c(=O)c3c(-c3ccccc3)n2n1. The van der Waals surface area contributed by atoms with Crippen molar-refractivity contribution in [3.8, 4) is 11.3 Å². The van der Waals surface area contributed by atoms with E-state index in [9.17, 15) is 4.79 Å². The summed E-state index contributed by atoms with van der Waals surface area (Å²) in [7, 11) is 0. The molecule has 1 aromatic carbocycles. The summed E-state index contributed by atoms with van der Waals surface area (Å²) < 4.78 is 8.85. The molecule has 0 bridgehead atoms. The smallest absolute Gasteiger partial charge is 0.262 e. The Balaban J connectivity index is 1.66. The Labute approximate surface area is 167 Å². The van der Waals surface area contributed by atoms with Crippen LogP contribution >= 0.6 is 0 Å². The van der Waals surface area contributed by atoms with Crippen molar-refractivity contribution < 1.29 is 4.74 Å². The predicted octanol–water partition coefficient (Wildman–Crippen LogP) is 1.75. The van der Waals surface area contributed by atoms with Gasteiger partial charge in [-0.2, -0.15) is 9.50 Å². The van der Waals surface area contributed by atoms with Crippen molar-refractivity contribution in [1.82, 2.24) is 29.0 Å². The number of fused-ring (bicyclic) bond motifs is 2. The van der Waals surface area contributed by atoms with Crippen LogP contribution in [0.3, 0.4) is 0 Å². The average molecular weight is 390 g/mol. The van der Waals surface area contributed by atoms with Crippen LogP contribution in [0.2, 0.25) is 0 Å². The second kappa shape index (κ2) is 7.38. The molecule has 0 N–H and O–H groups in total. The minimum atomic E-state index is -0.0582.